The molecule has 0 amide bonds. The minimum atomic E-state index is -0.0182. The van der Waals surface area contributed by atoms with Crippen LogP contribution < -0.4 is 0 Å². The zero-order valence-electron chi connectivity index (χ0n) is 19.5. The maximum Gasteiger partial charge on any atom is 0.306 e. The Labute approximate surface area is 176 Å². The van der Waals surface area contributed by atoms with Gasteiger partial charge in [-0.3, -0.25) is 4.79 Å². The van der Waals surface area contributed by atoms with Crippen LogP contribution in [0.5, 0.6) is 0 Å². The number of hydrogen-bond donors (Lipinski definition) is 0. The SMILES string of the molecule is CCCCCCCC/C=C\CCCCCCCCCCCC(=O)OC(C)CC. The Balaban J connectivity index is 3.17. The summed E-state index contributed by atoms with van der Waals surface area (Å²) >= 11 is 0. The molecular formula is C26H50O2. The summed E-state index contributed by atoms with van der Waals surface area (Å²) in [7, 11) is 0. The molecular weight excluding hydrogens is 344 g/mol. The summed E-state index contributed by atoms with van der Waals surface area (Å²) in [5, 5.41) is 0. The Hall–Kier alpha value is -0.790. The van der Waals surface area contributed by atoms with Crippen LogP contribution in [0.1, 0.15) is 143 Å². The van der Waals surface area contributed by atoms with Gasteiger partial charge in [-0.15, -0.1) is 0 Å². The molecule has 0 heterocycles. The second-order valence-electron chi connectivity index (χ2n) is 8.46. The fourth-order valence-electron chi connectivity index (χ4n) is 3.41. The van der Waals surface area contributed by atoms with Crippen molar-refractivity contribution in [3.63, 3.8) is 0 Å². The number of ether oxygens (including phenoxy) is 1. The van der Waals surface area contributed by atoms with Crippen LogP contribution in [0.25, 0.3) is 0 Å². The van der Waals surface area contributed by atoms with Crippen LogP contribution >= 0.6 is 0 Å². The van der Waals surface area contributed by atoms with E-state index in [1.807, 2.05) is 13.8 Å². The molecule has 0 saturated heterocycles. The molecule has 0 N–H and O–H groups in total. The molecule has 0 aliphatic rings. The molecule has 28 heavy (non-hydrogen) atoms. The second-order valence-corrected chi connectivity index (χ2v) is 8.46. The van der Waals surface area contributed by atoms with Gasteiger partial charge in [0.1, 0.15) is 0 Å². The van der Waals surface area contributed by atoms with Crippen LogP contribution in [-0.2, 0) is 9.53 Å². The average molecular weight is 395 g/mol. The molecule has 2 nitrogen and oxygen atoms in total. The van der Waals surface area contributed by atoms with E-state index in [1.54, 1.807) is 0 Å². The van der Waals surface area contributed by atoms with E-state index in [2.05, 4.69) is 19.1 Å². The first-order valence-corrected chi connectivity index (χ1v) is 12.5. The Bertz CT molecular complexity index is 348. The third kappa shape index (κ3) is 21.5. The van der Waals surface area contributed by atoms with Crippen LogP contribution in [0.15, 0.2) is 12.2 Å². The van der Waals surface area contributed by atoms with E-state index in [4.69, 9.17) is 4.74 Å². The van der Waals surface area contributed by atoms with E-state index in [-0.39, 0.29) is 12.1 Å². The molecule has 0 saturated carbocycles. The summed E-state index contributed by atoms with van der Waals surface area (Å²) in [6.45, 7) is 6.29. The zero-order valence-corrected chi connectivity index (χ0v) is 19.5. The smallest absolute Gasteiger partial charge is 0.306 e. The summed E-state index contributed by atoms with van der Waals surface area (Å²) in [4.78, 5) is 11.6. The van der Waals surface area contributed by atoms with Crippen LogP contribution in [0.2, 0.25) is 0 Å². The third-order valence-corrected chi connectivity index (χ3v) is 5.55. The van der Waals surface area contributed by atoms with Gasteiger partial charge in [0.15, 0.2) is 0 Å². The topological polar surface area (TPSA) is 26.3 Å². The van der Waals surface area contributed by atoms with Gasteiger partial charge in [0.05, 0.1) is 6.10 Å². The maximum absolute atomic E-state index is 11.6. The molecule has 0 aliphatic heterocycles. The lowest BCUT2D eigenvalue weighted by molar-refractivity contribution is -0.148. The number of carbonyl (C=O) groups excluding carboxylic acids is 1. The minimum absolute atomic E-state index is 0.0182. The largest absolute Gasteiger partial charge is 0.463 e. The Morgan fingerprint density at radius 3 is 1.57 bits per heavy atom. The summed E-state index contributed by atoms with van der Waals surface area (Å²) < 4.78 is 5.29. The predicted molar refractivity (Wildman–Crippen MR) is 124 cm³/mol. The number of allylic oxidation sites excluding steroid dienone is 2. The lowest BCUT2D eigenvalue weighted by Crippen LogP contribution is -2.13. The van der Waals surface area contributed by atoms with Crippen LogP contribution in [-0.4, -0.2) is 12.1 Å². The van der Waals surface area contributed by atoms with Gasteiger partial charge in [0.2, 0.25) is 0 Å². The second kappa shape index (κ2) is 22.5. The molecule has 0 rings (SSSR count). The van der Waals surface area contributed by atoms with Crippen molar-refractivity contribution in [3.05, 3.63) is 12.2 Å². The molecule has 0 aromatic carbocycles. The van der Waals surface area contributed by atoms with Gasteiger partial charge in [-0.1, -0.05) is 103 Å². The van der Waals surface area contributed by atoms with E-state index in [0.717, 1.165) is 12.8 Å². The van der Waals surface area contributed by atoms with Gasteiger partial charge in [-0.25, -0.2) is 0 Å². The van der Waals surface area contributed by atoms with Gasteiger partial charge in [-0.05, 0) is 45.4 Å². The van der Waals surface area contributed by atoms with Gasteiger partial charge in [0.25, 0.3) is 0 Å². The molecule has 1 unspecified atom stereocenters. The number of carbonyl (C=O) groups is 1. The number of hydrogen-bond acceptors (Lipinski definition) is 2. The molecule has 0 aromatic rings. The lowest BCUT2D eigenvalue weighted by Gasteiger charge is -2.10. The molecule has 2 heteroatoms. The lowest BCUT2D eigenvalue weighted by atomic mass is 10.1. The van der Waals surface area contributed by atoms with Gasteiger partial charge >= 0.3 is 5.97 Å². The first-order chi connectivity index (χ1) is 13.7. The fourth-order valence-corrected chi connectivity index (χ4v) is 3.41. The van der Waals surface area contributed by atoms with E-state index in [9.17, 15) is 4.79 Å². The molecule has 0 aliphatic carbocycles. The highest BCUT2D eigenvalue weighted by molar-refractivity contribution is 5.69. The molecule has 166 valence electrons. The summed E-state index contributed by atoms with van der Waals surface area (Å²) in [6, 6.07) is 0. The Morgan fingerprint density at radius 1 is 0.679 bits per heavy atom. The van der Waals surface area contributed by atoms with Crippen molar-refractivity contribution >= 4 is 5.97 Å². The number of rotatable bonds is 21. The molecule has 0 radical (unpaired) electrons. The Morgan fingerprint density at radius 2 is 1.11 bits per heavy atom. The van der Waals surface area contributed by atoms with Crippen LogP contribution in [0, 0.1) is 0 Å². The van der Waals surface area contributed by atoms with E-state index in [0.29, 0.717) is 6.42 Å². The van der Waals surface area contributed by atoms with Gasteiger partial charge in [0, 0.05) is 6.42 Å². The first kappa shape index (κ1) is 27.2. The normalized spacial score (nSPS) is 12.5. The quantitative estimate of drug-likeness (QED) is 0.110. The highest BCUT2D eigenvalue weighted by Crippen LogP contribution is 2.13. The third-order valence-electron chi connectivity index (χ3n) is 5.55. The van der Waals surface area contributed by atoms with E-state index < -0.39 is 0 Å². The molecule has 1 atom stereocenters. The van der Waals surface area contributed by atoms with Crippen molar-refractivity contribution in [1.29, 1.82) is 0 Å². The maximum atomic E-state index is 11.6. The van der Waals surface area contributed by atoms with Gasteiger partial charge < -0.3 is 4.74 Å². The fraction of sp³-hybridized carbons (Fsp3) is 0.885. The number of unbranched alkanes of at least 4 members (excludes halogenated alkanes) is 15. The van der Waals surface area contributed by atoms with Crippen molar-refractivity contribution in [2.45, 2.75) is 149 Å². The van der Waals surface area contributed by atoms with Crippen LogP contribution in [0.4, 0.5) is 0 Å². The minimum Gasteiger partial charge on any atom is -0.463 e. The van der Waals surface area contributed by atoms with Gasteiger partial charge in [-0.2, -0.15) is 0 Å². The zero-order chi connectivity index (χ0) is 20.7. The van der Waals surface area contributed by atoms with Crippen molar-refractivity contribution in [2.75, 3.05) is 0 Å². The summed E-state index contributed by atoms with van der Waals surface area (Å²) in [6.07, 6.45) is 28.9. The summed E-state index contributed by atoms with van der Waals surface area (Å²) in [5.74, 6) is -0.0182. The predicted octanol–water partition coefficient (Wildman–Crippen LogP) is 8.93. The van der Waals surface area contributed by atoms with Crippen molar-refractivity contribution in [2.24, 2.45) is 0 Å². The van der Waals surface area contributed by atoms with E-state index in [1.165, 1.54) is 103 Å². The first-order valence-electron chi connectivity index (χ1n) is 12.5. The van der Waals surface area contributed by atoms with Crippen molar-refractivity contribution in [3.8, 4) is 0 Å². The monoisotopic (exact) mass is 394 g/mol. The standard InChI is InChI=1S/C26H50O2/c1-4-6-7-8-9-10-11-12-13-14-15-16-17-18-19-20-21-22-23-24-26(27)28-25(3)5-2/h12-13,25H,4-11,14-24H2,1-3H3/b13-12-. The molecule has 0 spiro atoms. The average Bonchev–Trinajstić information content (AvgIpc) is 2.69. The summed E-state index contributed by atoms with van der Waals surface area (Å²) in [5.41, 5.74) is 0. The van der Waals surface area contributed by atoms with E-state index >= 15 is 0 Å². The molecule has 0 aromatic heterocycles. The molecule has 0 fully saturated rings. The number of esters is 1. The van der Waals surface area contributed by atoms with Crippen molar-refractivity contribution < 1.29 is 9.53 Å². The highest BCUT2D eigenvalue weighted by atomic mass is 16.5. The molecule has 0 bridgehead atoms. The Kier molecular flexibility index (Phi) is 21.9. The van der Waals surface area contributed by atoms with Crippen molar-refractivity contribution in [1.82, 2.24) is 0 Å². The highest BCUT2D eigenvalue weighted by Gasteiger charge is 2.06. The van der Waals surface area contributed by atoms with Crippen LogP contribution in [0.3, 0.4) is 0 Å².